The largest absolute Gasteiger partial charge is 0.296 e. The number of anilines is 1. The number of carbonyl (C=O) groups is 1. The lowest BCUT2D eigenvalue weighted by Gasteiger charge is -2.26. The lowest BCUT2D eigenvalue weighted by atomic mass is 9.79. The van der Waals surface area contributed by atoms with Crippen molar-refractivity contribution in [1.82, 2.24) is 14.9 Å². The lowest BCUT2D eigenvalue weighted by Crippen LogP contribution is -2.24. The predicted octanol–water partition coefficient (Wildman–Crippen LogP) is 4.09. The molecule has 1 heterocycles. The van der Waals surface area contributed by atoms with Crippen LogP contribution in [0.15, 0.2) is 53.4 Å². The number of hydrogen-bond acceptors (Lipinski definition) is 6. The van der Waals surface area contributed by atoms with Gasteiger partial charge in [-0.05, 0) is 36.6 Å². The normalized spacial score (nSPS) is 15.6. The molecule has 4 rings (SSSR count). The second kappa shape index (κ2) is 9.05. The average molecular weight is 475 g/mol. The van der Waals surface area contributed by atoms with Crippen LogP contribution in [-0.4, -0.2) is 31.1 Å². The Morgan fingerprint density at radius 1 is 1.12 bits per heavy atom. The Morgan fingerprint density at radius 2 is 1.84 bits per heavy atom. The summed E-state index contributed by atoms with van der Waals surface area (Å²) in [7, 11) is -3.82. The zero-order valence-electron chi connectivity index (χ0n) is 17.5. The second-order valence-corrected chi connectivity index (χ2v) is 10.4. The molecule has 1 fully saturated rings. The number of sulfonamides is 1. The number of hydrogen-bond donors (Lipinski definition) is 2. The number of rotatable bonds is 7. The fourth-order valence-electron chi connectivity index (χ4n) is 4.11. The molecule has 10 heteroatoms. The van der Waals surface area contributed by atoms with Gasteiger partial charge in [0.1, 0.15) is 10.8 Å². The summed E-state index contributed by atoms with van der Waals surface area (Å²) < 4.78 is 41.1. The van der Waals surface area contributed by atoms with Gasteiger partial charge in [0, 0.05) is 12.0 Å². The molecular formula is C22H23FN4O3S2. The van der Waals surface area contributed by atoms with Gasteiger partial charge in [-0.3, -0.25) is 10.1 Å². The van der Waals surface area contributed by atoms with Gasteiger partial charge >= 0.3 is 0 Å². The molecule has 2 N–H and O–H groups in total. The number of aromatic nitrogens is 2. The summed E-state index contributed by atoms with van der Waals surface area (Å²) in [6.07, 6.45) is 4.04. The summed E-state index contributed by atoms with van der Waals surface area (Å²) in [5.41, 5.74) is 0.547. The molecule has 32 heavy (non-hydrogen) atoms. The number of nitrogens with zero attached hydrogens (tertiary/aromatic N) is 2. The number of benzene rings is 2. The van der Waals surface area contributed by atoms with Gasteiger partial charge in [-0.25, -0.2) is 17.5 Å². The molecule has 0 aliphatic heterocycles. The van der Waals surface area contributed by atoms with Gasteiger partial charge in [0.25, 0.3) is 5.91 Å². The van der Waals surface area contributed by atoms with E-state index in [1.807, 2.05) is 18.2 Å². The summed E-state index contributed by atoms with van der Waals surface area (Å²) in [5, 5.41) is 12.1. The molecule has 0 saturated heterocycles. The molecule has 0 bridgehead atoms. The SMILES string of the molecule is CCNS(=O)(=O)c1ccc(F)c(C(=O)Nc2nnc(C3(c4ccccc4)CCCC3)s2)c1. The molecule has 1 aliphatic carbocycles. The van der Waals surface area contributed by atoms with E-state index < -0.39 is 21.7 Å². The summed E-state index contributed by atoms with van der Waals surface area (Å²) >= 11 is 1.26. The van der Waals surface area contributed by atoms with Crippen molar-refractivity contribution in [1.29, 1.82) is 0 Å². The van der Waals surface area contributed by atoms with Crippen molar-refractivity contribution >= 4 is 32.4 Å². The molecule has 0 atom stereocenters. The first kappa shape index (κ1) is 22.5. The minimum atomic E-state index is -3.82. The van der Waals surface area contributed by atoms with Gasteiger partial charge in [-0.15, -0.1) is 10.2 Å². The first-order valence-corrected chi connectivity index (χ1v) is 12.7. The Hall–Kier alpha value is -2.69. The number of halogens is 1. The predicted molar refractivity (Wildman–Crippen MR) is 121 cm³/mol. The molecule has 0 spiro atoms. The van der Waals surface area contributed by atoms with Gasteiger partial charge in [0.2, 0.25) is 15.2 Å². The van der Waals surface area contributed by atoms with Crippen LogP contribution in [0.3, 0.4) is 0 Å². The first-order valence-electron chi connectivity index (χ1n) is 10.4. The van der Waals surface area contributed by atoms with Crippen molar-refractivity contribution < 1.29 is 17.6 Å². The molecule has 1 aliphatic rings. The third kappa shape index (κ3) is 4.30. The molecule has 0 unspecified atom stereocenters. The summed E-state index contributed by atoms with van der Waals surface area (Å²) in [4.78, 5) is 12.5. The van der Waals surface area contributed by atoms with Crippen LogP contribution < -0.4 is 10.0 Å². The first-order chi connectivity index (χ1) is 15.4. The van der Waals surface area contributed by atoms with Crippen LogP contribution in [0.5, 0.6) is 0 Å². The van der Waals surface area contributed by atoms with Crippen LogP contribution in [0, 0.1) is 5.82 Å². The molecule has 3 aromatic rings. The highest BCUT2D eigenvalue weighted by atomic mass is 32.2. The maximum absolute atomic E-state index is 14.3. The fourth-order valence-corrected chi connectivity index (χ4v) is 6.19. The third-order valence-corrected chi connectivity index (χ3v) is 8.25. The van der Waals surface area contributed by atoms with E-state index in [0.717, 1.165) is 48.9 Å². The van der Waals surface area contributed by atoms with E-state index in [1.54, 1.807) is 6.92 Å². The van der Waals surface area contributed by atoms with Crippen LogP contribution in [0.2, 0.25) is 0 Å². The summed E-state index contributed by atoms with van der Waals surface area (Å²) in [6, 6.07) is 13.2. The maximum atomic E-state index is 14.3. The van der Waals surface area contributed by atoms with Crippen LogP contribution in [0.4, 0.5) is 9.52 Å². The smallest absolute Gasteiger partial charge is 0.260 e. The van der Waals surface area contributed by atoms with Crippen molar-refractivity contribution in [2.75, 3.05) is 11.9 Å². The summed E-state index contributed by atoms with van der Waals surface area (Å²) in [6.45, 7) is 1.81. The van der Waals surface area contributed by atoms with Crippen LogP contribution >= 0.6 is 11.3 Å². The highest BCUT2D eigenvalue weighted by Gasteiger charge is 2.40. The minimum Gasteiger partial charge on any atom is -0.296 e. The molecule has 0 radical (unpaired) electrons. The van der Waals surface area contributed by atoms with Crippen LogP contribution in [0.1, 0.15) is 53.5 Å². The van der Waals surface area contributed by atoms with E-state index in [9.17, 15) is 17.6 Å². The molecule has 2 aromatic carbocycles. The Kier molecular flexibility index (Phi) is 6.36. The van der Waals surface area contributed by atoms with E-state index in [1.165, 1.54) is 16.9 Å². The van der Waals surface area contributed by atoms with Crippen molar-refractivity contribution in [3.63, 3.8) is 0 Å². The molecular weight excluding hydrogens is 451 g/mol. The Bertz CT molecular complexity index is 1220. The zero-order chi connectivity index (χ0) is 22.8. The van der Waals surface area contributed by atoms with Crippen LogP contribution in [0.25, 0.3) is 0 Å². The molecule has 1 saturated carbocycles. The Labute approximate surface area is 190 Å². The highest BCUT2D eigenvalue weighted by Crippen LogP contribution is 2.47. The molecule has 168 valence electrons. The van der Waals surface area contributed by atoms with E-state index in [4.69, 9.17) is 0 Å². The topological polar surface area (TPSA) is 101 Å². The minimum absolute atomic E-state index is 0.179. The van der Waals surface area contributed by atoms with Crippen molar-refractivity contribution in [2.24, 2.45) is 0 Å². The standard InChI is InChI=1S/C22H23FN4O3S2/c1-2-24-32(29,30)16-10-11-18(23)17(14-16)19(28)25-21-27-26-20(31-21)22(12-6-7-13-22)15-8-4-3-5-9-15/h3-5,8-11,14,24H,2,6-7,12-13H2,1H3,(H,25,27,28). The molecule has 1 aromatic heterocycles. The van der Waals surface area contributed by atoms with Gasteiger partial charge in [0.15, 0.2) is 0 Å². The molecule has 7 nitrogen and oxygen atoms in total. The number of amides is 1. The number of nitrogens with one attached hydrogen (secondary N) is 2. The van der Waals surface area contributed by atoms with Gasteiger partial charge in [0.05, 0.1) is 10.5 Å². The maximum Gasteiger partial charge on any atom is 0.260 e. The average Bonchev–Trinajstić information content (AvgIpc) is 3.45. The van der Waals surface area contributed by atoms with Gasteiger partial charge < -0.3 is 0 Å². The van der Waals surface area contributed by atoms with Crippen molar-refractivity contribution in [3.05, 3.63) is 70.5 Å². The Balaban J connectivity index is 1.60. The zero-order valence-corrected chi connectivity index (χ0v) is 19.1. The van der Waals surface area contributed by atoms with E-state index in [2.05, 4.69) is 32.4 Å². The van der Waals surface area contributed by atoms with E-state index in [0.29, 0.717) is 0 Å². The van der Waals surface area contributed by atoms with Crippen molar-refractivity contribution in [2.45, 2.75) is 42.9 Å². The lowest BCUT2D eigenvalue weighted by molar-refractivity contribution is 0.102. The second-order valence-electron chi connectivity index (χ2n) is 7.66. The van der Waals surface area contributed by atoms with E-state index in [-0.39, 0.29) is 27.6 Å². The quantitative estimate of drug-likeness (QED) is 0.537. The van der Waals surface area contributed by atoms with Crippen molar-refractivity contribution in [3.8, 4) is 0 Å². The Morgan fingerprint density at radius 3 is 2.53 bits per heavy atom. The van der Waals surface area contributed by atoms with Crippen LogP contribution in [-0.2, 0) is 15.4 Å². The van der Waals surface area contributed by atoms with Gasteiger partial charge in [-0.2, -0.15) is 0 Å². The fraction of sp³-hybridized carbons (Fsp3) is 0.318. The monoisotopic (exact) mass is 474 g/mol. The van der Waals surface area contributed by atoms with Gasteiger partial charge in [-0.1, -0.05) is 61.4 Å². The highest BCUT2D eigenvalue weighted by molar-refractivity contribution is 7.89. The van der Waals surface area contributed by atoms with E-state index >= 15 is 0 Å². The number of carbonyl (C=O) groups excluding carboxylic acids is 1. The third-order valence-electron chi connectivity index (χ3n) is 5.67. The summed E-state index contributed by atoms with van der Waals surface area (Å²) in [5.74, 6) is -1.60. The molecule has 1 amide bonds.